The number of hydrogen-bond donors (Lipinski definition) is 0. The molecule has 0 saturated carbocycles. The fourth-order valence-electron chi connectivity index (χ4n) is 1.23. The molecule has 1 heterocycles. The lowest BCUT2D eigenvalue weighted by Crippen LogP contribution is -2.25. The Morgan fingerprint density at radius 3 is 3.00 bits per heavy atom. The number of hydrogen-bond acceptors (Lipinski definition) is 1. The van der Waals surface area contributed by atoms with Crippen molar-refractivity contribution >= 4 is 5.84 Å². The summed E-state index contributed by atoms with van der Waals surface area (Å²) in [6.07, 6.45) is 5.56. The third kappa shape index (κ3) is 2.07. The van der Waals surface area contributed by atoms with Crippen molar-refractivity contribution in [1.29, 1.82) is 0 Å². The first-order chi connectivity index (χ1) is 5.24. The van der Waals surface area contributed by atoms with Gasteiger partial charge in [0, 0.05) is 20.6 Å². The minimum absolute atomic E-state index is 0.691. The molecule has 0 bridgehead atoms. The van der Waals surface area contributed by atoms with Gasteiger partial charge in [-0.3, -0.25) is 4.99 Å². The van der Waals surface area contributed by atoms with Crippen molar-refractivity contribution in [2.24, 2.45) is 10.9 Å². The molecule has 0 amide bonds. The smallest absolute Gasteiger partial charge is 0.122 e. The minimum atomic E-state index is 0.691. The lowest BCUT2D eigenvalue weighted by atomic mass is 10.1. The van der Waals surface area contributed by atoms with Crippen LogP contribution in [0, 0.1) is 5.92 Å². The van der Waals surface area contributed by atoms with E-state index in [1.54, 1.807) is 0 Å². The first-order valence-electron chi connectivity index (χ1n) is 4.10. The van der Waals surface area contributed by atoms with E-state index in [9.17, 15) is 0 Å². The lowest BCUT2D eigenvalue weighted by molar-refractivity contribution is 0.464. The van der Waals surface area contributed by atoms with Crippen molar-refractivity contribution in [3.63, 3.8) is 0 Å². The maximum absolute atomic E-state index is 4.18. The Morgan fingerprint density at radius 2 is 2.36 bits per heavy atom. The number of rotatable bonds is 0. The first kappa shape index (κ1) is 8.31. The maximum atomic E-state index is 4.18. The third-order valence-electron chi connectivity index (χ3n) is 2.11. The van der Waals surface area contributed by atoms with E-state index in [4.69, 9.17) is 0 Å². The third-order valence-corrected chi connectivity index (χ3v) is 2.11. The fraction of sp³-hybridized carbons (Fsp3) is 0.667. The van der Waals surface area contributed by atoms with Crippen molar-refractivity contribution in [3.8, 4) is 0 Å². The summed E-state index contributed by atoms with van der Waals surface area (Å²) in [5, 5.41) is 0. The molecule has 2 heteroatoms. The zero-order valence-corrected chi connectivity index (χ0v) is 7.54. The summed E-state index contributed by atoms with van der Waals surface area (Å²) in [5.41, 5.74) is 0. The molecule has 0 aromatic carbocycles. The van der Waals surface area contributed by atoms with E-state index in [-0.39, 0.29) is 0 Å². The van der Waals surface area contributed by atoms with Crippen molar-refractivity contribution in [1.82, 2.24) is 4.90 Å². The summed E-state index contributed by atoms with van der Waals surface area (Å²) in [6.45, 7) is 3.35. The molecular weight excluding hydrogens is 136 g/mol. The van der Waals surface area contributed by atoms with Gasteiger partial charge < -0.3 is 4.90 Å². The fourth-order valence-corrected chi connectivity index (χ4v) is 1.23. The van der Waals surface area contributed by atoms with Gasteiger partial charge in [0.15, 0.2) is 0 Å². The second-order valence-corrected chi connectivity index (χ2v) is 3.13. The molecule has 0 saturated heterocycles. The Balaban J connectivity index is 2.71. The molecule has 1 aliphatic heterocycles. The van der Waals surface area contributed by atoms with Crippen molar-refractivity contribution in [2.75, 3.05) is 20.6 Å². The van der Waals surface area contributed by atoms with Gasteiger partial charge in [-0.2, -0.15) is 0 Å². The summed E-state index contributed by atoms with van der Waals surface area (Å²) >= 11 is 0. The van der Waals surface area contributed by atoms with Crippen LogP contribution in [0.1, 0.15) is 13.3 Å². The van der Waals surface area contributed by atoms with E-state index in [2.05, 4.69) is 36.0 Å². The van der Waals surface area contributed by atoms with Gasteiger partial charge in [0.1, 0.15) is 5.84 Å². The molecule has 0 aromatic heterocycles. The van der Waals surface area contributed by atoms with Crippen LogP contribution in [-0.4, -0.2) is 31.4 Å². The summed E-state index contributed by atoms with van der Waals surface area (Å²) in [5.74, 6) is 1.78. The van der Waals surface area contributed by atoms with Crippen LogP contribution in [-0.2, 0) is 0 Å². The molecule has 0 spiro atoms. The van der Waals surface area contributed by atoms with Crippen LogP contribution < -0.4 is 0 Å². The number of aliphatic imine (C=N–C) groups is 1. The summed E-state index contributed by atoms with van der Waals surface area (Å²) in [6, 6.07) is 0. The van der Waals surface area contributed by atoms with Crippen LogP contribution in [0.2, 0.25) is 0 Å². The van der Waals surface area contributed by atoms with Crippen LogP contribution in [0.15, 0.2) is 17.1 Å². The summed E-state index contributed by atoms with van der Waals surface area (Å²) in [4.78, 5) is 6.37. The Morgan fingerprint density at radius 1 is 1.64 bits per heavy atom. The van der Waals surface area contributed by atoms with Crippen LogP contribution in [0.3, 0.4) is 0 Å². The zero-order chi connectivity index (χ0) is 8.27. The van der Waals surface area contributed by atoms with Gasteiger partial charge in [-0.05, 0) is 18.4 Å². The van der Waals surface area contributed by atoms with Crippen molar-refractivity contribution in [2.45, 2.75) is 13.3 Å². The summed E-state index contributed by atoms with van der Waals surface area (Å²) in [7, 11) is 3.93. The molecule has 11 heavy (non-hydrogen) atoms. The van der Waals surface area contributed by atoms with E-state index in [0.29, 0.717) is 5.92 Å². The van der Waals surface area contributed by atoms with Crippen LogP contribution in [0.25, 0.3) is 0 Å². The lowest BCUT2D eigenvalue weighted by Gasteiger charge is -2.16. The van der Waals surface area contributed by atoms with Gasteiger partial charge in [0.05, 0.1) is 0 Å². The zero-order valence-electron chi connectivity index (χ0n) is 7.54. The monoisotopic (exact) mass is 152 g/mol. The average Bonchev–Trinajstić information content (AvgIpc) is 2.15. The number of allylic oxidation sites excluding steroid dienone is 1. The van der Waals surface area contributed by atoms with E-state index < -0.39 is 0 Å². The highest BCUT2D eigenvalue weighted by Gasteiger charge is 2.08. The standard InChI is InChI=1S/C9H16N2/c1-8-4-5-9(10-2)11(3)7-6-8/h4-5,8H,6-7H2,1-3H3. The summed E-state index contributed by atoms with van der Waals surface area (Å²) < 4.78 is 0. The predicted octanol–water partition coefficient (Wildman–Crippen LogP) is 1.54. The topological polar surface area (TPSA) is 15.6 Å². The number of likely N-dealkylation sites (N-methyl/N-ethyl adjacent to an activating group) is 1. The van der Waals surface area contributed by atoms with E-state index in [1.165, 1.54) is 6.42 Å². The normalized spacial score (nSPS) is 29.2. The molecular formula is C9H16N2. The highest BCUT2D eigenvalue weighted by Crippen LogP contribution is 2.09. The molecule has 0 radical (unpaired) electrons. The largest absolute Gasteiger partial charge is 0.360 e. The van der Waals surface area contributed by atoms with Gasteiger partial charge in [-0.1, -0.05) is 13.0 Å². The second kappa shape index (κ2) is 3.56. The molecule has 0 aromatic rings. The highest BCUT2D eigenvalue weighted by molar-refractivity contribution is 5.92. The van der Waals surface area contributed by atoms with E-state index >= 15 is 0 Å². The Bertz CT molecular complexity index is 182. The van der Waals surface area contributed by atoms with Crippen LogP contribution in [0.5, 0.6) is 0 Å². The molecule has 1 unspecified atom stereocenters. The molecule has 1 rings (SSSR count). The van der Waals surface area contributed by atoms with Gasteiger partial charge in [-0.15, -0.1) is 0 Å². The van der Waals surface area contributed by atoms with E-state index in [1.807, 2.05) is 7.05 Å². The second-order valence-electron chi connectivity index (χ2n) is 3.13. The minimum Gasteiger partial charge on any atom is -0.360 e. The van der Waals surface area contributed by atoms with Gasteiger partial charge in [0.2, 0.25) is 0 Å². The SMILES string of the molecule is CN=C1C=CC(C)CCN1C. The van der Waals surface area contributed by atoms with Gasteiger partial charge in [-0.25, -0.2) is 0 Å². The predicted molar refractivity (Wildman–Crippen MR) is 48.9 cm³/mol. The van der Waals surface area contributed by atoms with Crippen LogP contribution in [0.4, 0.5) is 0 Å². The molecule has 0 aliphatic carbocycles. The van der Waals surface area contributed by atoms with E-state index in [0.717, 1.165) is 12.4 Å². The maximum Gasteiger partial charge on any atom is 0.122 e. The Hall–Kier alpha value is -0.790. The average molecular weight is 152 g/mol. The first-order valence-corrected chi connectivity index (χ1v) is 4.10. The Labute approximate surface area is 68.6 Å². The molecule has 1 atom stereocenters. The number of amidine groups is 1. The van der Waals surface area contributed by atoms with Gasteiger partial charge in [0.25, 0.3) is 0 Å². The van der Waals surface area contributed by atoms with Crippen LogP contribution >= 0.6 is 0 Å². The van der Waals surface area contributed by atoms with Gasteiger partial charge >= 0.3 is 0 Å². The van der Waals surface area contributed by atoms with Crippen molar-refractivity contribution in [3.05, 3.63) is 12.2 Å². The highest BCUT2D eigenvalue weighted by atomic mass is 15.2. The van der Waals surface area contributed by atoms with Crippen molar-refractivity contribution < 1.29 is 0 Å². The molecule has 0 fully saturated rings. The molecule has 0 N–H and O–H groups in total. The quantitative estimate of drug-likeness (QED) is 0.514. The molecule has 62 valence electrons. The molecule has 1 aliphatic rings. The Kier molecular flexibility index (Phi) is 2.69. The number of nitrogens with zero attached hydrogens (tertiary/aromatic N) is 2. The molecule has 2 nitrogen and oxygen atoms in total.